The first kappa shape index (κ1) is 19.0. The van der Waals surface area contributed by atoms with Crippen molar-refractivity contribution < 1.29 is 4.74 Å². The van der Waals surface area contributed by atoms with Crippen LogP contribution < -0.4 is 4.74 Å². The van der Waals surface area contributed by atoms with Gasteiger partial charge >= 0.3 is 0 Å². The van der Waals surface area contributed by atoms with Gasteiger partial charge in [0.1, 0.15) is 12.4 Å². The van der Waals surface area contributed by atoms with E-state index in [9.17, 15) is 0 Å². The van der Waals surface area contributed by atoms with Crippen LogP contribution in [-0.4, -0.2) is 31.1 Å². The second-order valence-electron chi connectivity index (χ2n) is 4.77. The molecule has 0 N–H and O–H groups in total. The molecule has 0 atom stereocenters. The average Bonchev–Trinajstić information content (AvgIpc) is 2.52. The summed E-state index contributed by atoms with van der Waals surface area (Å²) in [5, 5.41) is 0. The molecule has 1 aliphatic heterocycles. The van der Waals surface area contributed by atoms with Crippen molar-refractivity contribution in [3.05, 3.63) is 30.3 Å². The highest BCUT2D eigenvalue weighted by Gasteiger charge is 2.09. The van der Waals surface area contributed by atoms with Crippen molar-refractivity contribution in [1.29, 1.82) is 0 Å². The van der Waals surface area contributed by atoms with Crippen molar-refractivity contribution in [3.8, 4) is 5.75 Å². The van der Waals surface area contributed by atoms with Gasteiger partial charge in [-0.3, -0.25) is 4.90 Å². The van der Waals surface area contributed by atoms with E-state index in [2.05, 4.69) is 18.7 Å². The molecule has 0 aliphatic carbocycles. The van der Waals surface area contributed by atoms with Gasteiger partial charge in [-0.2, -0.15) is 0 Å². The van der Waals surface area contributed by atoms with E-state index in [1.807, 2.05) is 44.2 Å². The lowest BCUT2D eigenvalue weighted by atomic mass is 10.1. The van der Waals surface area contributed by atoms with Crippen molar-refractivity contribution in [2.45, 2.75) is 53.4 Å². The van der Waals surface area contributed by atoms with E-state index in [1.54, 1.807) is 0 Å². The number of piperidine rings is 1. The summed E-state index contributed by atoms with van der Waals surface area (Å²) in [4.78, 5) is 2.49. The molecule has 1 heterocycles. The summed E-state index contributed by atoms with van der Waals surface area (Å²) in [6.45, 7) is 12.6. The zero-order valence-corrected chi connectivity index (χ0v) is 13.9. The Labute approximate surface area is 126 Å². The Morgan fingerprint density at radius 3 is 2.05 bits per heavy atom. The summed E-state index contributed by atoms with van der Waals surface area (Å²) in [7, 11) is 0. The summed E-state index contributed by atoms with van der Waals surface area (Å²) in [6.07, 6.45) is 5.35. The van der Waals surface area contributed by atoms with Crippen molar-refractivity contribution in [3.63, 3.8) is 0 Å². The fraction of sp³-hybridized carbons (Fsp3) is 0.667. The highest BCUT2D eigenvalue weighted by molar-refractivity contribution is 5.20. The van der Waals surface area contributed by atoms with Crippen molar-refractivity contribution in [2.75, 3.05) is 26.2 Å². The van der Waals surface area contributed by atoms with Gasteiger partial charge in [-0.05, 0) is 38.1 Å². The molecular formula is C18H33NO. The molecule has 0 bridgehead atoms. The summed E-state index contributed by atoms with van der Waals surface area (Å²) in [5.74, 6) is 0.981. The van der Waals surface area contributed by atoms with Gasteiger partial charge in [0.05, 0.1) is 0 Å². The maximum Gasteiger partial charge on any atom is 0.119 e. The predicted molar refractivity (Wildman–Crippen MR) is 89.5 cm³/mol. The van der Waals surface area contributed by atoms with Crippen LogP contribution in [0.2, 0.25) is 0 Å². The molecule has 0 spiro atoms. The van der Waals surface area contributed by atoms with Crippen molar-refractivity contribution in [1.82, 2.24) is 4.90 Å². The van der Waals surface area contributed by atoms with E-state index in [0.717, 1.165) is 18.9 Å². The summed E-state index contributed by atoms with van der Waals surface area (Å²) >= 11 is 0. The fourth-order valence-electron chi connectivity index (χ4n) is 1.99. The highest BCUT2D eigenvalue weighted by atomic mass is 16.5. The van der Waals surface area contributed by atoms with E-state index in [-0.39, 0.29) is 0 Å². The normalized spacial score (nSPS) is 14.4. The zero-order valence-electron chi connectivity index (χ0n) is 13.9. The Kier molecular flexibility index (Phi) is 13.7. The minimum absolute atomic E-state index is 0.810. The number of ether oxygens (including phenoxy) is 1. The molecule has 2 rings (SSSR count). The molecule has 0 aromatic heterocycles. The molecule has 1 aliphatic rings. The van der Waals surface area contributed by atoms with E-state index in [1.165, 1.54) is 38.8 Å². The molecule has 0 amide bonds. The predicted octanol–water partition coefficient (Wildman–Crippen LogP) is 4.99. The van der Waals surface area contributed by atoms with Gasteiger partial charge in [0.25, 0.3) is 0 Å². The lowest BCUT2D eigenvalue weighted by molar-refractivity contribution is 0.183. The van der Waals surface area contributed by atoms with Crippen LogP contribution in [0, 0.1) is 0 Å². The maximum atomic E-state index is 5.67. The topological polar surface area (TPSA) is 12.5 Å². The largest absolute Gasteiger partial charge is 0.492 e. The van der Waals surface area contributed by atoms with Crippen LogP contribution >= 0.6 is 0 Å². The van der Waals surface area contributed by atoms with Crippen LogP contribution in [0.1, 0.15) is 53.4 Å². The van der Waals surface area contributed by atoms with Crippen LogP contribution in [0.15, 0.2) is 30.3 Å². The monoisotopic (exact) mass is 279 g/mol. The summed E-state index contributed by atoms with van der Waals surface area (Å²) in [5.41, 5.74) is 0. The Hall–Kier alpha value is -1.02. The van der Waals surface area contributed by atoms with Crippen LogP contribution in [0.3, 0.4) is 0 Å². The molecular weight excluding hydrogens is 246 g/mol. The summed E-state index contributed by atoms with van der Waals surface area (Å²) < 4.78 is 5.67. The molecule has 1 aromatic rings. The first-order chi connectivity index (χ1) is 9.86. The van der Waals surface area contributed by atoms with Gasteiger partial charge in [0.15, 0.2) is 0 Å². The highest BCUT2D eigenvalue weighted by Crippen LogP contribution is 2.10. The number of hydrogen-bond donors (Lipinski definition) is 0. The molecule has 2 nitrogen and oxygen atoms in total. The molecule has 1 saturated heterocycles. The minimum Gasteiger partial charge on any atom is -0.492 e. The van der Waals surface area contributed by atoms with E-state index < -0.39 is 0 Å². The SMILES string of the molecule is CC.CCC.c1ccc(OCCN2CCCCC2)cc1. The molecule has 1 fully saturated rings. The lowest BCUT2D eigenvalue weighted by Gasteiger charge is -2.26. The van der Waals surface area contributed by atoms with Gasteiger partial charge in [-0.15, -0.1) is 0 Å². The molecule has 20 heavy (non-hydrogen) atoms. The Morgan fingerprint density at radius 2 is 1.50 bits per heavy atom. The standard InChI is InChI=1S/C13H19NO.C3H8.C2H6/c1-3-7-13(8-4-1)15-12-11-14-9-5-2-6-10-14;1-3-2;1-2/h1,3-4,7-8H,2,5-6,9-12H2;3H2,1-2H3;1-2H3. The summed E-state index contributed by atoms with van der Waals surface area (Å²) in [6, 6.07) is 10.1. The quantitative estimate of drug-likeness (QED) is 0.769. The first-order valence-electron chi connectivity index (χ1n) is 8.27. The van der Waals surface area contributed by atoms with Crippen LogP contribution in [0.5, 0.6) is 5.75 Å². The van der Waals surface area contributed by atoms with Crippen molar-refractivity contribution >= 4 is 0 Å². The number of rotatable bonds is 4. The third-order valence-corrected chi connectivity index (χ3v) is 2.87. The average molecular weight is 279 g/mol. The molecule has 116 valence electrons. The van der Waals surface area contributed by atoms with Gasteiger partial charge in [0, 0.05) is 6.54 Å². The van der Waals surface area contributed by atoms with Crippen LogP contribution in [0.25, 0.3) is 0 Å². The number of likely N-dealkylation sites (tertiary alicyclic amines) is 1. The molecule has 2 heteroatoms. The Morgan fingerprint density at radius 1 is 0.950 bits per heavy atom. The second-order valence-corrected chi connectivity index (χ2v) is 4.77. The number of hydrogen-bond acceptors (Lipinski definition) is 2. The van der Waals surface area contributed by atoms with Gasteiger partial charge in [-0.1, -0.05) is 58.7 Å². The van der Waals surface area contributed by atoms with Crippen LogP contribution in [0.4, 0.5) is 0 Å². The fourth-order valence-corrected chi connectivity index (χ4v) is 1.99. The number of benzene rings is 1. The number of nitrogens with zero attached hydrogens (tertiary/aromatic N) is 1. The Bertz CT molecular complexity index is 281. The van der Waals surface area contributed by atoms with Gasteiger partial charge in [-0.25, -0.2) is 0 Å². The third kappa shape index (κ3) is 9.85. The van der Waals surface area contributed by atoms with E-state index in [4.69, 9.17) is 4.74 Å². The third-order valence-electron chi connectivity index (χ3n) is 2.87. The Balaban J connectivity index is 0.000000641. The van der Waals surface area contributed by atoms with Gasteiger partial charge < -0.3 is 4.74 Å². The second kappa shape index (κ2) is 14.4. The maximum absolute atomic E-state index is 5.67. The van der Waals surface area contributed by atoms with E-state index >= 15 is 0 Å². The molecule has 0 radical (unpaired) electrons. The minimum atomic E-state index is 0.810. The number of para-hydroxylation sites is 1. The zero-order chi connectivity index (χ0) is 15.1. The van der Waals surface area contributed by atoms with Gasteiger partial charge in [0.2, 0.25) is 0 Å². The lowest BCUT2D eigenvalue weighted by Crippen LogP contribution is -2.33. The molecule has 0 unspecified atom stereocenters. The van der Waals surface area contributed by atoms with Crippen LogP contribution in [-0.2, 0) is 0 Å². The first-order valence-corrected chi connectivity index (χ1v) is 8.27. The van der Waals surface area contributed by atoms with Crippen molar-refractivity contribution in [2.24, 2.45) is 0 Å². The smallest absolute Gasteiger partial charge is 0.119 e. The van der Waals surface area contributed by atoms with E-state index in [0.29, 0.717) is 0 Å². The molecule has 1 aromatic carbocycles. The molecule has 0 saturated carbocycles.